The number of hydrogen-bond acceptors (Lipinski definition) is 7. The molecule has 1 fully saturated rings. The van der Waals surface area contributed by atoms with Crippen molar-refractivity contribution in [2.45, 2.75) is 37.8 Å². The minimum atomic E-state index is -0.193. The number of benzene rings is 2. The second kappa shape index (κ2) is 11.6. The SMILES string of the molecule is CCOc1ccc(-n2c(=S)sc3c(=O)n(-c4ccccc4)c(SCC(=O)N4CCCCCC4)nc32)cc1. The van der Waals surface area contributed by atoms with E-state index in [9.17, 15) is 9.59 Å². The first kappa shape index (κ1) is 25.7. The van der Waals surface area contributed by atoms with Crippen LogP contribution in [0, 0.1) is 3.95 Å². The summed E-state index contributed by atoms with van der Waals surface area (Å²) in [5, 5.41) is 0.472. The number of nitrogens with zero attached hydrogens (tertiary/aromatic N) is 4. The van der Waals surface area contributed by atoms with Crippen molar-refractivity contribution in [3.63, 3.8) is 0 Å². The fourth-order valence-electron chi connectivity index (χ4n) is 4.46. The highest BCUT2D eigenvalue weighted by molar-refractivity contribution is 7.99. The number of amides is 1. The lowest BCUT2D eigenvalue weighted by molar-refractivity contribution is -0.128. The minimum absolute atomic E-state index is 0.0783. The molecule has 0 N–H and O–H groups in total. The predicted octanol–water partition coefficient (Wildman–Crippen LogP) is 5.86. The van der Waals surface area contributed by atoms with Gasteiger partial charge in [-0.25, -0.2) is 4.98 Å². The molecule has 1 amide bonds. The molecule has 4 aromatic rings. The van der Waals surface area contributed by atoms with Gasteiger partial charge in [-0.3, -0.25) is 18.7 Å². The molecule has 1 aliphatic heterocycles. The molecule has 0 bridgehead atoms. The summed E-state index contributed by atoms with van der Waals surface area (Å²) < 4.78 is 10.00. The maximum Gasteiger partial charge on any atom is 0.278 e. The molecular weight excluding hydrogens is 525 g/mol. The van der Waals surface area contributed by atoms with Gasteiger partial charge in [0.05, 0.1) is 18.0 Å². The number of ether oxygens (including phenoxy) is 1. The normalized spacial score (nSPS) is 14.0. The molecular formula is C27H28N4O3S3. The number of para-hydroxylation sites is 1. The third-order valence-electron chi connectivity index (χ3n) is 6.28. The number of aromatic nitrogens is 3. The van der Waals surface area contributed by atoms with E-state index >= 15 is 0 Å². The summed E-state index contributed by atoms with van der Waals surface area (Å²) in [7, 11) is 0. The van der Waals surface area contributed by atoms with Crippen molar-refractivity contribution in [1.29, 1.82) is 0 Å². The monoisotopic (exact) mass is 552 g/mol. The molecule has 0 saturated carbocycles. The fraction of sp³-hybridized carbons (Fsp3) is 0.333. The van der Waals surface area contributed by atoms with Gasteiger partial charge in [-0.2, -0.15) is 0 Å². The average molecular weight is 553 g/mol. The zero-order valence-corrected chi connectivity index (χ0v) is 23.0. The Morgan fingerprint density at radius 2 is 1.68 bits per heavy atom. The van der Waals surface area contributed by atoms with Crippen molar-refractivity contribution in [2.75, 3.05) is 25.4 Å². The van der Waals surface area contributed by atoms with E-state index in [1.165, 1.54) is 23.1 Å². The Bertz CT molecular complexity index is 1500. The van der Waals surface area contributed by atoms with Crippen LogP contribution in [-0.2, 0) is 4.79 Å². The molecule has 1 saturated heterocycles. The number of likely N-dealkylation sites (tertiary alicyclic amines) is 1. The lowest BCUT2D eigenvalue weighted by Gasteiger charge is -2.20. The van der Waals surface area contributed by atoms with Gasteiger partial charge in [0, 0.05) is 18.8 Å². The summed E-state index contributed by atoms with van der Waals surface area (Å²) in [4.78, 5) is 33.8. The fourth-order valence-corrected chi connectivity index (χ4v) is 6.67. The Morgan fingerprint density at radius 3 is 2.35 bits per heavy atom. The van der Waals surface area contributed by atoms with Gasteiger partial charge in [0.15, 0.2) is 14.8 Å². The minimum Gasteiger partial charge on any atom is -0.494 e. The number of carbonyl (C=O) groups is 1. The van der Waals surface area contributed by atoms with Gasteiger partial charge in [-0.1, -0.05) is 54.1 Å². The van der Waals surface area contributed by atoms with Crippen LogP contribution in [0.2, 0.25) is 0 Å². The van der Waals surface area contributed by atoms with Gasteiger partial charge in [0.1, 0.15) is 10.4 Å². The van der Waals surface area contributed by atoms with Gasteiger partial charge in [-0.05, 0) is 68.4 Å². The summed E-state index contributed by atoms with van der Waals surface area (Å²) in [5.41, 5.74) is 1.82. The van der Waals surface area contributed by atoms with Gasteiger partial charge in [0.25, 0.3) is 5.56 Å². The van der Waals surface area contributed by atoms with E-state index in [1.807, 2.05) is 71.0 Å². The number of thiazole rings is 1. The van der Waals surface area contributed by atoms with Gasteiger partial charge in [-0.15, -0.1) is 0 Å². The van der Waals surface area contributed by atoms with Crippen molar-refractivity contribution >= 4 is 51.6 Å². The Kier molecular flexibility index (Phi) is 8.07. The second-order valence-electron chi connectivity index (χ2n) is 8.74. The van der Waals surface area contributed by atoms with E-state index < -0.39 is 0 Å². The third-order valence-corrected chi connectivity index (χ3v) is 8.56. The Labute approximate surface area is 228 Å². The topological polar surface area (TPSA) is 69.4 Å². The Balaban J connectivity index is 1.58. The Hall–Kier alpha value is -2.95. The van der Waals surface area contributed by atoms with E-state index in [1.54, 1.807) is 4.57 Å². The molecule has 0 spiro atoms. The summed E-state index contributed by atoms with van der Waals surface area (Å²) in [6.07, 6.45) is 4.40. The maximum atomic E-state index is 13.8. The second-order valence-corrected chi connectivity index (χ2v) is 11.3. The maximum absolute atomic E-state index is 13.8. The van der Waals surface area contributed by atoms with Gasteiger partial charge < -0.3 is 9.64 Å². The van der Waals surface area contributed by atoms with Crippen LogP contribution in [0.4, 0.5) is 0 Å². The molecule has 5 rings (SSSR count). The molecule has 3 heterocycles. The number of thioether (sulfide) groups is 1. The number of fused-ring (bicyclic) bond motifs is 1. The van der Waals surface area contributed by atoms with Crippen LogP contribution in [0.1, 0.15) is 32.6 Å². The highest BCUT2D eigenvalue weighted by Crippen LogP contribution is 2.28. The van der Waals surface area contributed by atoms with Crippen molar-refractivity contribution in [2.24, 2.45) is 0 Å². The number of rotatable bonds is 7. The highest BCUT2D eigenvalue weighted by Gasteiger charge is 2.21. The van der Waals surface area contributed by atoms with E-state index in [-0.39, 0.29) is 17.2 Å². The lowest BCUT2D eigenvalue weighted by Crippen LogP contribution is -2.33. The summed E-state index contributed by atoms with van der Waals surface area (Å²) in [6, 6.07) is 17.0. The van der Waals surface area contributed by atoms with Crippen LogP contribution in [0.5, 0.6) is 5.75 Å². The van der Waals surface area contributed by atoms with Crippen LogP contribution in [0.15, 0.2) is 64.5 Å². The first-order valence-electron chi connectivity index (χ1n) is 12.4. The number of carbonyl (C=O) groups excluding carboxylic acids is 1. The van der Waals surface area contributed by atoms with Crippen molar-refractivity contribution in [1.82, 2.24) is 19.0 Å². The molecule has 0 unspecified atom stereocenters. The van der Waals surface area contributed by atoms with E-state index in [2.05, 4.69) is 0 Å². The molecule has 0 atom stereocenters. The van der Waals surface area contributed by atoms with Crippen LogP contribution in [-0.4, -0.2) is 50.4 Å². The molecule has 2 aromatic carbocycles. The van der Waals surface area contributed by atoms with Crippen molar-refractivity contribution in [3.8, 4) is 17.1 Å². The summed E-state index contributed by atoms with van der Waals surface area (Å²) in [5.74, 6) is 1.06. The first-order chi connectivity index (χ1) is 18.1. The highest BCUT2D eigenvalue weighted by atomic mass is 32.2. The third kappa shape index (κ3) is 5.51. The standard InChI is InChI=1S/C27H28N4O3S3/c1-2-34-21-14-12-20(13-15-21)30-24-23(37-27(30)35)25(33)31(19-10-6-5-7-11-19)26(28-24)36-18-22(32)29-16-8-3-4-9-17-29/h5-7,10-15H,2-4,8-9,16-18H2,1H3. The zero-order valence-electron chi connectivity index (χ0n) is 20.6. The molecule has 2 aromatic heterocycles. The first-order valence-corrected chi connectivity index (χ1v) is 14.7. The van der Waals surface area contributed by atoms with E-state index in [0.717, 1.165) is 50.2 Å². The molecule has 37 heavy (non-hydrogen) atoms. The lowest BCUT2D eigenvalue weighted by atomic mass is 10.2. The number of hydrogen-bond donors (Lipinski definition) is 0. The zero-order chi connectivity index (χ0) is 25.8. The predicted molar refractivity (Wildman–Crippen MR) is 152 cm³/mol. The van der Waals surface area contributed by atoms with Crippen molar-refractivity contribution < 1.29 is 9.53 Å². The van der Waals surface area contributed by atoms with Crippen LogP contribution in [0.25, 0.3) is 21.7 Å². The molecule has 10 heteroatoms. The van der Waals surface area contributed by atoms with Gasteiger partial charge >= 0.3 is 0 Å². The van der Waals surface area contributed by atoms with Crippen LogP contribution >= 0.6 is 35.3 Å². The van der Waals surface area contributed by atoms with E-state index in [0.29, 0.717) is 31.8 Å². The smallest absolute Gasteiger partial charge is 0.278 e. The largest absolute Gasteiger partial charge is 0.494 e. The average Bonchev–Trinajstić information content (AvgIpc) is 3.07. The molecule has 7 nitrogen and oxygen atoms in total. The molecule has 192 valence electrons. The van der Waals surface area contributed by atoms with Crippen LogP contribution in [0.3, 0.4) is 0 Å². The molecule has 1 aliphatic rings. The van der Waals surface area contributed by atoms with Gasteiger partial charge in [0.2, 0.25) is 5.91 Å². The van der Waals surface area contributed by atoms with Crippen LogP contribution < -0.4 is 10.3 Å². The summed E-state index contributed by atoms with van der Waals surface area (Å²) >= 11 is 8.23. The Morgan fingerprint density at radius 1 is 1.00 bits per heavy atom. The quantitative estimate of drug-likeness (QED) is 0.163. The summed E-state index contributed by atoms with van der Waals surface area (Å²) in [6.45, 7) is 4.10. The molecule has 0 aliphatic carbocycles. The molecule has 0 radical (unpaired) electrons. The van der Waals surface area contributed by atoms with E-state index in [4.69, 9.17) is 21.9 Å². The van der Waals surface area contributed by atoms with Crippen molar-refractivity contribution in [3.05, 3.63) is 68.9 Å².